The van der Waals surface area contributed by atoms with Crippen LogP contribution in [0, 0.1) is 5.92 Å². The third-order valence-electron chi connectivity index (χ3n) is 2.59. The standard InChI is InChI=1S/C11H20N2O2S/c1-4-5-12-10(14)9(7-16)13(11(12)15)6-8(2)3/h8-9,16H,4-7H2,1-3H3. The molecule has 1 saturated heterocycles. The lowest BCUT2D eigenvalue weighted by Crippen LogP contribution is -2.39. The Kier molecular flexibility index (Phi) is 4.65. The molecule has 1 fully saturated rings. The van der Waals surface area contributed by atoms with Gasteiger partial charge in [-0.15, -0.1) is 0 Å². The van der Waals surface area contributed by atoms with Gasteiger partial charge in [0, 0.05) is 18.8 Å². The maximum absolute atomic E-state index is 12.0. The van der Waals surface area contributed by atoms with Gasteiger partial charge >= 0.3 is 6.03 Å². The third kappa shape index (κ3) is 2.51. The van der Waals surface area contributed by atoms with E-state index in [1.165, 1.54) is 4.90 Å². The molecule has 16 heavy (non-hydrogen) atoms. The number of carbonyl (C=O) groups excluding carboxylic acids is 2. The van der Waals surface area contributed by atoms with Gasteiger partial charge in [0.05, 0.1) is 0 Å². The fourth-order valence-electron chi connectivity index (χ4n) is 1.90. The summed E-state index contributed by atoms with van der Waals surface area (Å²) < 4.78 is 0. The van der Waals surface area contributed by atoms with Crippen LogP contribution in [0.1, 0.15) is 27.2 Å². The first-order chi connectivity index (χ1) is 7.52. The van der Waals surface area contributed by atoms with E-state index in [1.807, 2.05) is 20.8 Å². The summed E-state index contributed by atoms with van der Waals surface area (Å²) in [6.07, 6.45) is 0.798. The molecule has 92 valence electrons. The van der Waals surface area contributed by atoms with Crippen molar-refractivity contribution in [2.24, 2.45) is 5.92 Å². The van der Waals surface area contributed by atoms with Crippen LogP contribution in [-0.4, -0.2) is 46.6 Å². The molecule has 0 bridgehead atoms. The predicted molar refractivity (Wildman–Crippen MR) is 66.6 cm³/mol. The van der Waals surface area contributed by atoms with Gasteiger partial charge in [-0.1, -0.05) is 20.8 Å². The number of hydrogen-bond donors (Lipinski definition) is 1. The van der Waals surface area contributed by atoms with E-state index in [9.17, 15) is 9.59 Å². The molecule has 1 atom stereocenters. The highest BCUT2D eigenvalue weighted by Gasteiger charge is 2.43. The normalized spacial score (nSPS) is 21.4. The van der Waals surface area contributed by atoms with Gasteiger partial charge in [0.2, 0.25) is 0 Å². The molecule has 1 rings (SSSR count). The van der Waals surface area contributed by atoms with Gasteiger partial charge in [-0.05, 0) is 12.3 Å². The van der Waals surface area contributed by atoms with Gasteiger partial charge in [-0.2, -0.15) is 12.6 Å². The van der Waals surface area contributed by atoms with Gasteiger partial charge in [0.1, 0.15) is 6.04 Å². The molecule has 3 amide bonds. The van der Waals surface area contributed by atoms with E-state index in [0.29, 0.717) is 24.8 Å². The van der Waals surface area contributed by atoms with Crippen molar-refractivity contribution >= 4 is 24.6 Å². The summed E-state index contributed by atoms with van der Waals surface area (Å²) in [6.45, 7) is 7.17. The van der Waals surface area contributed by atoms with E-state index in [4.69, 9.17) is 0 Å². The van der Waals surface area contributed by atoms with E-state index in [0.717, 1.165) is 6.42 Å². The lowest BCUT2D eigenvalue weighted by Gasteiger charge is -2.22. The van der Waals surface area contributed by atoms with E-state index in [-0.39, 0.29) is 18.0 Å². The molecule has 0 saturated carbocycles. The quantitative estimate of drug-likeness (QED) is 0.589. The van der Waals surface area contributed by atoms with Crippen LogP contribution in [0.3, 0.4) is 0 Å². The van der Waals surface area contributed by atoms with E-state index in [2.05, 4.69) is 12.6 Å². The fourth-order valence-corrected chi connectivity index (χ4v) is 2.25. The first-order valence-electron chi connectivity index (χ1n) is 5.75. The van der Waals surface area contributed by atoms with Crippen molar-refractivity contribution in [1.29, 1.82) is 0 Å². The van der Waals surface area contributed by atoms with Crippen LogP contribution in [-0.2, 0) is 4.79 Å². The van der Waals surface area contributed by atoms with Crippen molar-refractivity contribution in [3.8, 4) is 0 Å². The second kappa shape index (κ2) is 5.57. The molecule has 4 nitrogen and oxygen atoms in total. The number of rotatable bonds is 5. The van der Waals surface area contributed by atoms with Crippen molar-refractivity contribution < 1.29 is 9.59 Å². The van der Waals surface area contributed by atoms with Gasteiger partial charge in [-0.3, -0.25) is 9.69 Å². The third-order valence-corrected chi connectivity index (χ3v) is 2.93. The highest BCUT2D eigenvalue weighted by Crippen LogP contribution is 2.20. The lowest BCUT2D eigenvalue weighted by molar-refractivity contribution is -0.127. The van der Waals surface area contributed by atoms with Crippen LogP contribution in [0.4, 0.5) is 4.79 Å². The van der Waals surface area contributed by atoms with Crippen LogP contribution in [0.2, 0.25) is 0 Å². The Morgan fingerprint density at radius 3 is 2.44 bits per heavy atom. The number of nitrogens with zero attached hydrogens (tertiary/aromatic N) is 2. The Labute approximate surface area is 102 Å². The predicted octanol–water partition coefficient (Wildman–Crippen LogP) is 1.61. The number of hydrogen-bond acceptors (Lipinski definition) is 3. The smallest absolute Gasteiger partial charge is 0.311 e. The fraction of sp³-hybridized carbons (Fsp3) is 0.818. The van der Waals surface area contributed by atoms with Gasteiger partial charge < -0.3 is 4.90 Å². The minimum Gasteiger partial charge on any atom is -0.311 e. The molecular weight excluding hydrogens is 224 g/mol. The summed E-state index contributed by atoms with van der Waals surface area (Å²) >= 11 is 4.16. The second-order valence-corrected chi connectivity index (χ2v) is 4.88. The maximum atomic E-state index is 12.0. The molecule has 0 aromatic heterocycles. The first-order valence-corrected chi connectivity index (χ1v) is 6.39. The van der Waals surface area contributed by atoms with Gasteiger partial charge in [0.25, 0.3) is 5.91 Å². The molecular formula is C11H20N2O2S. The average molecular weight is 244 g/mol. The Morgan fingerprint density at radius 1 is 1.38 bits per heavy atom. The van der Waals surface area contributed by atoms with Crippen LogP contribution in [0.5, 0.6) is 0 Å². The van der Waals surface area contributed by atoms with Crippen molar-refractivity contribution in [3.05, 3.63) is 0 Å². The average Bonchev–Trinajstić information content (AvgIpc) is 2.43. The van der Waals surface area contributed by atoms with Crippen molar-refractivity contribution in [2.45, 2.75) is 33.2 Å². The molecule has 0 aromatic carbocycles. The van der Waals surface area contributed by atoms with Crippen molar-refractivity contribution in [2.75, 3.05) is 18.8 Å². The number of thiol groups is 1. The van der Waals surface area contributed by atoms with E-state index < -0.39 is 0 Å². The van der Waals surface area contributed by atoms with Crippen molar-refractivity contribution in [3.63, 3.8) is 0 Å². The summed E-state index contributed by atoms with van der Waals surface area (Å²) in [7, 11) is 0. The summed E-state index contributed by atoms with van der Waals surface area (Å²) in [5, 5.41) is 0. The number of urea groups is 1. The summed E-state index contributed by atoms with van der Waals surface area (Å²) in [6, 6.07) is -0.524. The Hall–Kier alpha value is -0.710. The molecule has 0 aromatic rings. The molecule has 1 aliphatic heterocycles. The highest BCUT2D eigenvalue weighted by atomic mass is 32.1. The van der Waals surface area contributed by atoms with Crippen molar-refractivity contribution in [1.82, 2.24) is 9.80 Å². The first kappa shape index (κ1) is 13.4. The SMILES string of the molecule is CCCN1C(=O)C(CS)N(CC(C)C)C1=O. The van der Waals surface area contributed by atoms with E-state index >= 15 is 0 Å². The molecule has 0 N–H and O–H groups in total. The minimum absolute atomic E-state index is 0.0949. The van der Waals surface area contributed by atoms with Gasteiger partial charge in [0.15, 0.2) is 0 Å². The summed E-state index contributed by atoms with van der Waals surface area (Å²) in [4.78, 5) is 26.9. The zero-order chi connectivity index (χ0) is 12.3. The number of amides is 3. The second-order valence-electron chi connectivity index (χ2n) is 4.52. The molecule has 1 unspecified atom stereocenters. The molecule has 0 aliphatic carbocycles. The monoisotopic (exact) mass is 244 g/mol. The lowest BCUT2D eigenvalue weighted by atomic mass is 10.2. The number of carbonyl (C=O) groups is 2. The van der Waals surface area contributed by atoms with Gasteiger partial charge in [-0.25, -0.2) is 4.79 Å². The maximum Gasteiger partial charge on any atom is 0.327 e. The molecule has 1 heterocycles. The van der Waals surface area contributed by atoms with Crippen LogP contribution in [0.25, 0.3) is 0 Å². The Balaban J connectivity index is 2.83. The summed E-state index contributed by atoms with van der Waals surface area (Å²) in [5.41, 5.74) is 0. The Morgan fingerprint density at radius 2 is 2.00 bits per heavy atom. The molecule has 0 spiro atoms. The zero-order valence-electron chi connectivity index (χ0n) is 10.1. The van der Waals surface area contributed by atoms with Crippen LogP contribution in [0.15, 0.2) is 0 Å². The highest BCUT2D eigenvalue weighted by molar-refractivity contribution is 7.80. The van der Waals surface area contributed by atoms with Crippen LogP contribution < -0.4 is 0 Å². The molecule has 1 aliphatic rings. The van der Waals surface area contributed by atoms with Crippen LogP contribution >= 0.6 is 12.6 Å². The summed E-state index contributed by atoms with van der Waals surface area (Å²) in [5.74, 6) is 0.667. The minimum atomic E-state index is -0.371. The molecule has 0 radical (unpaired) electrons. The number of imide groups is 1. The molecule has 5 heteroatoms. The largest absolute Gasteiger partial charge is 0.327 e. The van der Waals surface area contributed by atoms with E-state index in [1.54, 1.807) is 4.90 Å². The zero-order valence-corrected chi connectivity index (χ0v) is 11.0. The topological polar surface area (TPSA) is 40.6 Å². The Bertz CT molecular complexity index is 281.